The van der Waals surface area contributed by atoms with Crippen LogP contribution in [0.5, 0.6) is 0 Å². The summed E-state index contributed by atoms with van der Waals surface area (Å²) in [7, 11) is 0. The maximum atomic E-state index is 14.2. The number of fused-ring (bicyclic) bond motifs is 1. The number of imide groups is 1. The Bertz CT molecular complexity index is 824. The summed E-state index contributed by atoms with van der Waals surface area (Å²) in [6.07, 6.45) is -0.325. The van der Waals surface area contributed by atoms with Gasteiger partial charge in [-0.15, -0.1) is 0 Å². The number of hydrogen-bond donors (Lipinski definition) is 2. The molecule has 0 saturated carbocycles. The van der Waals surface area contributed by atoms with Crippen molar-refractivity contribution in [2.45, 2.75) is 45.3 Å². The molecule has 0 unspecified atom stereocenters. The Kier molecular flexibility index (Phi) is 6.73. The van der Waals surface area contributed by atoms with Crippen LogP contribution < -0.4 is 5.32 Å². The molecule has 1 aromatic carbocycles. The summed E-state index contributed by atoms with van der Waals surface area (Å²) in [6, 6.07) is 4.80. The summed E-state index contributed by atoms with van der Waals surface area (Å²) in [5.41, 5.74) is -0.219. The molecule has 1 aromatic rings. The van der Waals surface area contributed by atoms with Crippen molar-refractivity contribution in [2.24, 2.45) is 0 Å². The second-order valence-electron chi connectivity index (χ2n) is 7.49. The summed E-state index contributed by atoms with van der Waals surface area (Å²) >= 11 is 0. The molecule has 1 heterocycles. The Morgan fingerprint density at radius 2 is 1.76 bits per heavy atom. The van der Waals surface area contributed by atoms with Gasteiger partial charge in [0.15, 0.2) is 6.04 Å². The molecule has 0 aromatic heterocycles. The number of aliphatic carboxylic acids is 1. The molecule has 1 aliphatic heterocycles. The van der Waals surface area contributed by atoms with Crippen molar-refractivity contribution in [1.29, 1.82) is 0 Å². The molecule has 2 rings (SSSR count). The number of halogens is 1. The van der Waals surface area contributed by atoms with Gasteiger partial charge in [0.1, 0.15) is 5.60 Å². The minimum absolute atomic E-state index is 0.00909. The number of amides is 3. The molecular weight excluding hydrogens is 383 g/mol. The summed E-state index contributed by atoms with van der Waals surface area (Å²) in [5.74, 6) is -3.12. The van der Waals surface area contributed by atoms with Crippen LogP contribution in [0.2, 0.25) is 0 Å². The number of carboxylic acids is 1. The predicted molar refractivity (Wildman–Crippen MR) is 101 cm³/mol. The summed E-state index contributed by atoms with van der Waals surface area (Å²) < 4.78 is 19.1. The first kappa shape index (κ1) is 22.1. The maximum Gasteiger partial charge on any atom is 0.408 e. The lowest BCUT2D eigenvalue weighted by Crippen LogP contribution is -2.42. The summed E-state index contributed by atoms with van der Waals surface area (Å²) in [6.45, 7) is 4.82. The highest BCUT2D eigenvalue weighted by atomic mass is 19.1. The van der Waals surface area contributed by atoms with Crippen molar-refractivity contribution in [2.75, 3.05) is 6.54 Å². The number of alkyl carbamates (subject to hydrolysis) is 1. The van der Waals surface area contributed by atoms with Crippen LogP contribution in [0.3, 0.4) is 0 Å². The standard InChI is InChI=1S/C20H23FN2O6/c1-20(2,3)29-19(28)22-15(18(26)27)11-12(21)7-6-10-23-16(24)13-8-4-5-9-14(13)17(23)25/h4-5,8-9,11,15H,6-7,10H2,1-3H3,(H,22,28)(H,26,27)/b12-11-/t15-/m0/s1. The van der Waals surface area contributed by atoms with Gasteiger partial charge in [-0.1, -0.05) is 12.1 Å². The smallest absolute Gasteiger partial charge is 0.408 e. The van der Waals surface area contributed by atoms with Crippen LogP contribution in [0.15, 0.2) is 36.2 Å². The Labute approximate surface area is 167 Å². The molecule has 0 fully saturated rings. The van der Waals surface area contributed by atoms with Crippen molar-refractivity contribution in [3.8, 4) is 0 Å². The minimum Gasteiger partial charge on any atom is -0.479 e. The molecule has 2 N–H and O–H groups in total. The van der Waals surface area contributed by atoms with Gasteiger partial charge in [0.2, 0.25) is 0 Å². The SMILES string of the molecule is CC(C)(C)OC(=O)N[C@@H](/C=C(\F)CCCN1C(=O)c2ccccc2C1=O)C(=O)O. The van der Waals surface area contributed by atoms with Crippen molar-refractivity contribution >= 4 is 23.9 Å². The number of ether oxygens (including phenoxy) is 1. The summed E-state index contributed by atoms with van der Waals surface area (Å²) in [4.78, 5) is 48.5. The van der Waals surface area contributed by atoms with E-state index in [4.69, 9.17) is 9.84 Å². The van der Waals surface area contributed by atoms with Gasteiger partial charge in [0, 0.05) is 13.0 Å². The minimum atomic E-state index is -1.61. The van der Waals surface area contributed by atoms with Crippen LogP contribution in [-0.2, 0) is 9.53 Å². The van der Waals surface area contributed by atoms with Gasteiger partial charge >= 0.3 is 12.1 Å². The van der Waals surface area contributed by atoms with Crippen LogP contribution in [0.1, 0.15) is 54.3 Å². The first-order valence-electron chi connectivity index (χ1n) is 9.03. The number of nitrogens with zero attached hydrogens (tertiary/aromatic N) is 1. The third-order valence-electron chi connectivity index (χ3n) is 3.96. The Balaban J connectivity index is 1.92. The van der Waals surface area contributed by atoms with Gasteiger partial charge in [-0.3, -0.25) is 14.5 Å². The zero-order valence-corrected chi connectivity index (χ0v) is 16.4. The van der Waals surface area contributed by atoms with E-state index in [-0.39, 0.29) is 19.4 Å². The number of carbonyl (C=O) groups is 4. The predicted octanol–water partition coefficient (Wildman–Crippen LogP) is 2.89. The highest BCUT2D eigenvalue weighted by molar-refractivity contribution is 6.21. The van der Waals surface area contributed by atoms with E-state index in [0.29, 0.717) is 11.1 Å². The summed E-state index contributed by atoms with van der Waals surface area (Å²) in [5, 5.41) is 11.2. The van der Waals surface area contributed by atoms with E-state index in [1.54, 1.807) is 45.0 Å². The van der Waals surface area contributed by atoms with Crippen LogP contribution in [0.4, 0.5) is 9.18 Å². The van der Waals surface area contributed by atoms with Crippen molar-refractivity contribution in [3.63, 3.8) is 0 Å². The Hall–Kier alpha value is -3.23. The van der Waals surface area contributed by atoms with E-state index >= 15 is 0 Å². The van der Waals surface area contributed by atoms with Crippen LogP contribution in [-0.4, -0.2) is 52.1 Å². The highest BCUT2D eigenvalue weighted by Gasteiger charge is 2.34. The third kappa shape index (κ3) is 5.87. The number of carboxylic acid groups (broad SMARTS) is 1. The molecule has 0 aliphatic carbocycles. The van der Waals surface area contributed by atoms with Gasteiger partial charge in [0.05, 0.1) is 17.0 Å². The molecule has 29 heavy (non-hydrogen) atoms. The molecule has 1 aliphatic rings. The number of carbonyl (C=O) groups excluding carboxylic acids is 3. The molecule has 0 radical (unpaired) electrons. The first-order valence-corrected chi connectivity index (χ1v) is 9.03. The van der Waals surface area contributed by atoms with Crippen LogP contribution in [0, 0.1) is 0 Å². The quantitative estimate of drug-likeness (QED) is 0.673. The van der Waals surface area contributed by atoms with Crippen LogP contribution >= 0.6 is 0 Å². The van der Waals surface area contributed by atoms with Gasteiger partial charge < -0.3 is 15.2 Å². The second-order valence-corrected chi connectivity index (χ2v) is 7.49. The monoisotopic (exact) mass is 406 g/mol. The second kappa shape index (κ2) is 8.85. The molecule has 3 amide bonds. The number of allylic oxidation sites excluding steroid dienone is 1. The van der Waals surface area contributed by atoms with Crippen LogP contribution in [0.25, 0.3) is 0 Å². The first-order chi connectivity index (χ1) is 13.5. The largest absolute Gasteiger partial charge is 0.479 e. The average Bonchev–Trinajstić information content (AvgIpc) is 2.84. The van der Waals surface area contributed by atoms with Gasteiger partial charge in [-0.05, 0) is 45.4 Å². The van der Waals surface area contributed by atoms with E-state index in [9.17, 15) is 23.6 Å². The topological polar surface area (TPSA) is 113 Å². The Morgan fingerprint density at radius 3 is 2.24 bits per heavy atom. The number of rotatable bonds is 7. The molecular formula is C20H23FN2O6. The van der Waals surface area contributed by atoms with Gasteiger partial charge in [-0.25, -0.2) is 14.0 Å². The zero-order chi connectivity index (χ0) is 21.8. The number of nitrogens with one attached hydrogen (secondary N) is 1. The molecule has 0 spiro atoms. The fourth-order valence-electron chi connectivity index (χ4n) is 2.72. The third-order valence-corrected chi connectivity index (χ3v) is 3.96. The molecule has 0 saturated heterocycles. The lowest BCUT2D eigenvalue weighted by atomic mass is 10.1. The van der Waals surface area contributed by atoms with Crippen molar-refractivity contribution in [1.82, 2.24) is 10.2 Å². The number of benzene rings is 1. The number of hydrogen-bond acceptors (Lipinski definition) is 5. The molecule has 1 atom stereocenters. The maximum absolute atomic E-state index is 14.2. The Morgan fingerprint density at radius 1 is 1.21 bits per heavy atom. The molecule has 9 heteroatoms. The fraction of sp³-hybridized carbons (Fsp3) is 0.400. The van der Waals surface area contributed by atoms with E-state index in [0.717, 1.165) is 11.0 Å². The van der Waals surface area contributed by atoms with Crippen molar-refractivity contribution < 1.29 is 33.4 Å². The van der Waals surface area contributed by atoms with E-state index < -0.39 is 41.3 Å². The fourth-order valence-corrected chi connectivity index (χ4v) is 2.72. The van der Waals surface area contributed by atoms with E-state index in [2.05, 4.69) is 5.32 Å². The zero-order valence-electron chi connectivity index (χ0n) is 16.4. The lowest BCUT2D eigenvalue weighted by Gasteiger charge is -2.21. The van der Waals surface area contributed by atoms with Crippen molar-refractivity contribution in [3.05, 3.63) is 47.3 Å². The highest BCUT2D eigenvalue weighted by Crippen LogP contribution is 2.23. The van der Waals surface area contributed by atoms with E-state index in [1.807, 2.05) is 0 Å². The molecule has 0 bridgehead atoms. The molecule has 156 valence electrons. The molecule has 8 nitrogen and oxygen atoms in total. The lowest BCUT2D eigenvalue weighted by molar-refractivity contribution is -0.138. The van der Waals surface area contributed by atoms with E-state index in [1.165, 1.54) is 0 Å². The average molecular weight is 406 g/mol. The normalized spacial score (nSPS) is 15.2. The van der Waals surface area contributed by atoms with Gasteiger partial charge in [-0.2, -0.15) is 0 Å². The van der Waals surface area contributed by atoms with Gasteiger partial charge in [0.25, 0.3) is 11.8 Å².